The molecule has 1 aromatic heterocycles. The summed E-state index contributed by atoms with van der Waals surface area (Å²) in [7, 11) is 0. The molecule has 36 heavy (non-hydrogen) atoms. The number of nitrogens with one attached hydrogen (secondary N) is 4. The molecule has 0 spiro atoms. The topological polar surface area (TPSA) is 205 Å². The average molecular weight is 528 g/mol. The third-order valence-corrected chi connectivity index (χ3v) is 6.58. The number of nitrogens with zero attached hydrogens (tertiary/aromatic N) is 1. The van der Waals surface area contributed by atoms with Crippen LogP contribution in [0.5, 0.6) is 0 Å². The van der Waals surface area contributed by atoms with E-state index < -0.39 is 47.9 Å². The van der Waals surface area contributed by atoms with Gasteiger partial charge in [-0.25, -0.2) is 9.78 Å². The van der Waals surface area contributed by atoms with Crippen LogP contribution in [0.3, 0.4) is 0 Å². The van der Waals surface area contributed by atoms with E-state index in [2.05, 4.69) is 25.9 Å². The molecule has 9 N–H and O–H groups in total. The molecule has 5 atom stereocenters. The fraction of sp³-hybridized carbons (Fsp3) is 0.696. The number of hydrogen-bond donors (Lipinski definition) is 7. The van der Waals surface area contributed by atoms with Crippen LogP contribution in [0.4, 0.5) is 0 Å². The van der Waals surface area contributed by atoms with Gasteiger partial charge in [-0.05, 0) is 43.7 Å². The summed E-state index contributed by atoms with van der Waals surface area (Å²) in [6.45, 7) is 4.15. The molecule has 13 heteroatoms. The molecule has 0 aliphatic carbocycles. The number of aliphatic carboxylic acids is 1. The number of carboxylic acids is 1. The van der Waals surface area contributed by atoms with Gasteiger partial charge in [-0.1, -0.05) is 26.7 Å². The van der Waals surface area contributed by atoms with E-state index in [1.165, 1.54) is 24.3 Å². The van der Waals surface area contributed by atoms with Crippen LogP contribution in [0, 0.1) is 5.92 Å². The maximum Gasteiger partial charge on any atom is 0.326 e. The zero-order chi connectivity index (χ0) is 27.1. The Morgan fingerprint density at radius 3 is 2.33 bits per heavy atom. The van der Waals surface area contributed by atoms with E-state index in [1.54, 1.807) is 6.92 Å². The van der Waals surface area contributed by atoms with Crippen molar-refractivity contribution < 1.29 is 24.3 Å². The summed E-state index contributed by atoms with van der Waals surface area (Å²) in [6.07, 6.45) is 7.60. The first-order valence-corrected chi connectivity index (χ1v) is 13.6. The third-order valence-electron chi connectivity index (χ3n) is 5.94. The Balaban J connectivity index is 3.01. The standard InChI is InChI=1S/C23H41N7O5S/c1-4-14(2)19(22(33)28-17(23(34)35)8-10-36-3)30-21(32)18(11-15-12-26-13-27-15)29-20(31)16(25)7-5-6-9-24/h12-14,16-19H,4-11,24-25H2,1-3H3,(H,26,27)(H,28,33)(H,29,31)(H,30,32)(H,34,35). The van der Waals surface area contributed by atoms with Gasteiger partial charge in [0.05, 0.1) is 12.4 Å². The van der Waals surface area contributed by atoms with Gasteiger partial charge in [0.1, 0.15) is 18.1 Å². The number of nitrogens with two attached hydrogens (primary N) is 2. The number of carbonyl (C=O) groups excluding carboxylic acids is 3. The van der Waals surface area contributed by atoms with E-state index in [0.29, 0.717) is 37.3 Å². The van der Waals surface area contributed by atoms with Gasteiger partial charge in [-0.3, -0.25) is 14.4 Å². The molecule has 0 saturated carbocycles. The first-order chi connectivity index (χ1) is 17.1. The van der Waals surface area contributed by atoms with E-state index >= 15 is 0 Å². The van der Waals surface area contributed by atoms with Crippen molar-refractivity contribution in [1.29, 1.82) is 0 Å². The molecule has 0 aromatic carbocycles. The van der Waals surface area contributed by atoms with Gasteiger partial charge < -0.3 is 37.5 Å². The van der Waals surface area contributed by atoms with E-state index in [4.69, 9.17) is 11.5 Å². The molecule has 204 valence electrons. The second kappa shape index (κ2) is 16.9. The Hall–Kier alpha value is -2.64. The van der Waals surface area contributed by atoms with Crippen LogP contribution in [-0.4, -0.2) is 81.5 Å². The molecule has 0 aliphatic heterocycles. The predicted molar refractivity (Wildman–Crippen MR) is 139 cm³/mol. The van der Waals surface area contributed by atoms with Crippen molar-refractivity contribution in [2.75, 3.05) is 18.6 Å². The van der Waals surface area contributed by atoms with Crippen LogP contribution in [0.15, 0.2) is 12.5 Å². The Morgan fingerprint density at radius 2 is 1.78 bits per heavy atom. The lowest BCUT2D eigenvalue weighted by atomic mass is 9.97. The van der Waals surface area contributed by atoms with E-state index in [9.17, 15) is 24.3 Å². The van der Waals surface area contributed by atoms with Crippen molar-refractivity contribution in [3.8, 4) is 0 Å². The van der Waals surface area contributed by atoms with Crippen LogP contribution in [0.25, 0.3) is 0 Å². The number of aromatic nitrogens is 2. The highest BCUT2D eigenvalue weighted by Gasteiger charge is 2.32. The van der Waals surface area contributed by atoms with Gasteiger partial charge in [-0.15, -0.1) is 0 Å². The van der Waals surface area contributed by atoms with Gasteiger partial charge in [0.15, 0.2) is 0 Å². The Bertz CT molecular complexity index is 824. The first kappa shape index (κ1) is 31.4. The number of carbonyl (C=O) groups is 4. The zero-order valence-electron chi connectivity index (χ0n) is 21.3. The number of thioether (sulfide) groups is 1. The van der Waals surface area contributed by atoms with Gasteiger partial charge in [0.25, 0.3) is 0 Å². The number of aromatic amines is 1. The van der Waals surface area contributed by atoms with Crippen LogP contribution >= 0.6 is 11.8 Å². The molecule has 1 rings (SSSR count). The lowest BCUT2D eigenvalue weighted by molar-refractivity contribution is -0.142. The minimum Gasteiger partial charge on any atom is -0.480 e. The van der Waals surface area contributed by atoms with Crippen LogP contribution < -0.4 is 27.4 Å². The SMILES string of the molecule is CCC(C)C(NC(=O)C(Cc1cnc[nH]1)NC(=O)C(N)CCCCN)C(=O)NC(CCSC)C(=O)O. The number of unbranched alkanes of at least 4 members (excludes halogenated alkanes) is 1. The smallest absolute Gasteiger partial charge is 0.326 e. The summed E-state index contributed by atoms with van der Waals surface area (Å²) in [4.78, 5) is 57.5. The molecule has 0 bridgehead atoms. The van der Waals surface area contributed by atoms with E-state index in [-0.39, 0.29) is 18.8 Å². The molecular formula is C23H41N7O5S. The van der Waals surface area contributed by atoms with Crippen LogP contribution in [-0.2, 0) is 25.6 Å². The fourth-order valence-corrected chi connectivity index (χ4v) is 3.93. The molecule has 1 aromatic rings. The maximum atomic E-state index is 13.3. The van der Waals surface area contributed by atoms with E-state index in [0.717, 1.165) is 6.42 Å². The molecular weight excluding hydrogens is 486 g/mol. The predicted octanol–water partition coefficient (Wildman–Crippen LogP) is -0.253. The molecule has 1 heterocycles. The summed E-state index contributed by atoms with van der Waals surface area (Å²) in [6, 6.07) is -3.89. The van der Waals surface area contributed by atoms with Gasteiger partial charge in [-0.2, -0.15) is 11.8 Å². The Morgan fingerprint density at radius 1 is 1.08 bits per heavy atom. The lowest BCUT2D eigenvalue weighted by Crippen LogP contribution is -2.59. The average Bonchev–Trinajstić information content (AvgIpc) is 3.36. The molecule has 0 radical (unpaired) electrons. The highest BCUT2D eigenvalue weighted by molar-refractivity contribution is 7.98. The summed E-state index contributed by atoms with van der Waals surface area (Å²) in [5.74, 6) is -2.52. The van der Waals surface area contributed by atoms with Crippen molar-refractivity contribution in [2.24, 2.45) is 17.4 Å². The number of hydrogen-bond acceptors (Lipinski definition) is 8. The van der Waals surface area contributed by atoms with Gasteiger partial charge >= 0.3 is 5.97 Å². The summed E-state index contributed by atoms with van der Waals surface area (Å²) in [5.41, 5.74) is 12.1. The Labute approximate surface area is 216 Å². The Kier molecular flexibility index (Phi) is 14.8. The summed E-state index contributed by atoms with van der Waals surface area (Å²) in [5, 5.41) is 17.4. The molecule has 12 nitrogen and oxygen atoms in total. The fourth-order valence-electron chi connectivity index (χ4n) is 3.45. The van der Waals surface area contributed by atoms with Crippen molar-refractivity contribution in [1.82, 2.24) is 25.9 Å². The van der Waals surface area contributed by atoms with Crippen molar-refractivity contribution in [3.63, 3.8) is 0 Å². The number of imidazole rings is 1. The van der Waals surface area contributed by atoms with Gasteiger partial charge in [0.2, 0.25) is 17.7 Å². The number of rotatable bonds is 18. The second-order valence-electron chi connectivity index (χ2n) is 8.79. The zero-order valence-corrected chi connectivity index (χ0v) is 22.1. The third kappa shape index (κ3) is 11.0. The number of H-pyrrole nitrogens is 1. The molecule has 0 fully saturated rings. The number of amides is 3. The largest absolute Gasteiger partial charge is 0.480 e. The highest BCUT2D eigenvalue weighted by Crippen LogP contribution is 2.11. The van der Waals surface area contributed by atoms with Crippen LogP contribution in [0.2, 0.25) is 0 Å². The minimum atomic E-state index is -1.14. The quantitative estimate of drug-likeness (QED) is 0.125. The highest BCUT2D eigenvalue weighted by atomic mass is 32.2. The second-order valence-corrected chi connectivity index (χ2v) is 9.77. The van der Waals surface area contributed by atoms with Crippen molar-refractivity contribution >= 4 is 35.5 Å². The number of carboxylic acid groups (broad SMARTS) is 1. The molecule has 0 saturated heterocycles. The normalized spacial score (nSPS) is 15.2. The maximum absolute atomic E-state index is 13.3. The first-order valence-electron chi connectivity index (χ1n) is 12.2. The molecule has 5 unspecified atom stereocenters. The van der Waals surface area contributed by atoms with Crippen molar-refractivity contribution in [2.45, 2.75) is 76.5 Å². The monoisotopic (exact) mass is 527 g/mol. The van der Waals surface area contributed by atoms with Crippen LogP contribution in [0.1, 0.15) is 51.6 Å². The lowest BCUT2D eigenvalue weighted by Gasteiger charge is -2.28. The van der Waals surface area contributed by atoms with Crippen molar-refractivity contribution in [3.05, 3.63) is 18.2 Å². The minimum absolute atomic E-state index is 0.105. The van der Waals surface area contributed by atoms with Gasteiger partial charge in [0, 0.05) is 18.3 Å². The summed E-state index contributed by atoms with van der Waals surface area (Å²) >= 11 is 1.47. The molecule has 0 aliphatic rings. The summed E-state index contributed by atoms with van der Waals surface area (Å²) < 4.78 is 0. The van der Waals surface area contributed by atoms with E-state index in [1.807, 2.05) is 13.2 Å². The molecule has 3 amide bonds.